The van der Waals surface area contributed by atoms with Crippen molar-refractivity contribution in [3.63, 3.8) is 0 Å². The summed E-state index contributed by atoms with van der Waals surface area (Å²) in [6.07, 6.45) is 2.03. The van der Waals surface area contributed by atoms with Gasteiger partial charge in [0, 0.05) is 30.8 Å². The number of methoxy groups -OCH3 is 2. The van der Waals surface area contributed by atoms with Crippen LogP contribution in [-0.2, 0) is 20.9 Å². The lowest BCUT2D eigenvalue weighted by molar-refractivity contribution is -0.144. The van der Waals surface area contributed by atoms with Crippen LogP contribution in [0.2, 0.25) is 5.02 Å². The van der Waals surface area contributed by atoms with Crippen LogP contribution in [0.4, 0.5) is 0 Å². The Bertz CT molecular complexity index is 594. The number of ether oxygens (including phenoxy) is 2. The average molecular weight is 355 g/mol. The second kappa shape index (κ2) is 8.89. The first kappa shape index (κ1) is 18.5. The standard InChI is InChI=1S/C17H23ClN2O4/c1-23-14-8-5-6-13(18)12(14)10-19-16(21)11-20-9-4-3-7-15(24-2)17(20)22/h5-6,8,15H,3-4,7,9-11H2,1-2H3,(H,19,21). The number of rotatable bonds is 6. The molecule has 1 saturated heterocycles. The van der Waals surface area contributed by atoms with Crippen molar-refractivity contribution in [2.45, 2.75) is 31.9 Å². The molecular weight excluding hydrogens is 332 g/mol. The lowest BCUT2D eigenvalue weighted by Crippen LogP contribution is -2.44. The molecule has 2 amide bonds. The van der Waals surface area contributed by atoms with Crippen molar-refractivity contribution in [1.29, 1.82) is 0 Å². The summed E-state index contributed by atoms with van der Waals surface area (Å²) in [5.41, 5.74) is 0.715. The molecule has 6 nitrogen and oxygen atoms in total. The van der Waals surface area contributed by atoms with Gasteiger partial charge in [-0.05, 0) is 31.4 Å². The molecule has 1 heterocycles. The summed E-state index contributed by atoms with van der Waals surface area (Å²) in [6.45, 7) is 0.838. The zero-order valence-electron chi connectivity index (χ0n) is 14.0. The molecule has 0 bridgehead atoms. The minimum Gasteiger partial charge on any atom is -0.496 e. The van der Waals surface area contributed by atoms with Crippen LogP contribution < -0.4 is 10.1 Å². The van der Waals surface area contributed by atoms with Gasteiger partial charge in [0.2, 0.25) is 5.91 Å². The van der Waals surface area contributed by atoms with E-state index in [2.05, 4.69) is 5.32 Å². The third-order valence-electron chi connectivity index (χ3n) is 4.11. The number of likely N-dealkylation sites (tertiary alicyclic amines) is 1. The summed E-state index contributed by atoms with van der Waals surface area (Å²) in [4.78, 5) is 26.1. The summed E-state index contributed by atoms with van der Waals surface area (Å²) in [5, 5.41) is 3.33. The van der Waals surface area contributed by atoms with Gasteiger partial charge in [0.15, 0.2) is 0 Å². The van der Waals surface area contributed by atoms with Crippen molar-refractivity contribution < 1.29 is 19.1 Å². The number of nitrogens with one attached hydrogen (secondary N) is 1. The molecule has 0 aliphatic carbocycles. The van der Waals surface area contributed by atoms with Gasteiger partial charge in [-0.15, -0.1) is 0 Å². The fraction of sp³-hybridized carbons (Fsp3) is 0.529. The van der Waals surface area contributed by atoms with Gasteiger partial charge in [-0.3, -0.25) is 9.59 Å². The maximum absolute atomic E-state index is 12.3. The molecule has 1 aromatic carbocycles. The maximum Gasteiger partial charge on any atom is 0.252 e. The van der Waals surface area contributed by atoms with E-state index in [0.717, 1.165) is 12.8 Å². The zero-order chi connectivity index (χ0) is 17.5. The van der Waals surface area contributed by atoms with Crippen molar-refractivity contribution in [1.82, 2.24) is 10.2 Å². The molecular formula is C17H23ClN2O4. The van der Waals surface area contributed by atoms with E-state index in [1.165, 1.54) is 7.11 Å². The molecule has 0 radical (unpaired) electrons. The van der Waals surface area contributed by atoms with Gasteiger partial charge in [0.25, 0.3) is 5.91 Å². The van der Waals surface area contributed by atoms with E-state index in [9.17, 15) is 9.59 Å². The predicted molar refractivity (Wildman–Crippen MR) is 91.1 cm³/mol. The lowest BCUT2D eigenvalue weighted by atomic mass is 10.2. The molecule has 0 spiro atoms. The summed E-state index contributed by atoms with van der Waals surface area (Å²) in [5.74, 6) is 0.260. The van der Waals surface area contributed by atoms with Crippen LogP contribution in [0.1, 0.15) is 24.8 Å². The van der Waals surface area contributed by atoms with Gasteiger partial charge in [-0.2, -0.15) is 0 Å². The van der Waals surface area contributed by atoms with Crippen molar-refractivity contribution in [2.75, 3.05) is 27.3 Å². The molecule has 1 aliphatic heterocycles. The molecule has 1 unspecified atom stereocenters. The number of nitrogens with zero attached hydrogens (tertiary/aromatic N) is 1. The molecule has 132 valence electrons. The number of carbonyl (C=O) groups is 2. The van der Waals surface area contributed by atoms with Crippen molar-refractivity contribution in [2.24, 2.45) is 0 Å². The van der Waals surface area contributed by atoms with Crippen LogP contribution in [0.15, 0.2) is 18.2 Å². The molecule has 0 saturated carbocycles. The lowest BCUT2D eigenvalue weighted by Gasteiger charge is -2.23. The Balaban J connectivity index is 1.95. The number of amides is 2. The SMILES string of the molecule is COc1cccc(Cl)c1CNC(=O)CN1CCCCC(OC)C1=O. The fourth-order valence-corrected chi connectivity index (χ4v) is 3.00. The smallest absolute Gasteiger partial charge is 0.252 e. The minimum absolute atomic E-state index is 0.0193. The van der Waals surface area contributed by atoms with Gasteiger partial charge in [0.1, 0.15) is 11.9 Å². The van der Waals surface area contributed by atoms with Crippen LogP contribution in [0.5, 0.6) is 5.75 Å². The summed E-state index contributed by atoms with van der Waals surface area (Å²) in [7, 11) is 3.08. The van der Waals surface area contributed by atoms with Gasteiger partial charge in [-0.25, -0.2) is 0 Å². The second-order valence-electron chi connectivity index (χ2n) is 5.68. The number of hydrogen-bond acceptors (Lipinski definition) is 4. The number of carbonyl (C=O) groups excluding carboxylic acids is 2. The van der Waals surface area contributed by atoms with E-state index in [1.807, 2.05) is 0 Å². The Labute approximate surface area is 147 Å². The first-order valence-electron chi connectivity index (χ1n) is 7.96. The minimum atomic E-state index is -0.455. The Hall–Kier alpha value is -1.79. The quantitative estimate of drug-likeness (QED) is 0.848. The van der Waals surface area contributed by atoms with E-state index < -0.39 is 6.10 Å². The average Bonchev–Trinajstić information content (AvgIpc) is 2.75. The van der Waals surface area contributed by atoms with E-state index in [-0.39, 0.29) is 24.9 Å². The van der Waals surface area contributed by atoms with Crippen LogP contribution in [-0.4, -0.2) is 50.1 Å². The highest BCUT2D eigenvalue weighted by molar-refractivity contribution is 6.31. The monoisotopic (exact) mass is 354 g/mol. The molecule has 24 heavy (non-hydrogen) atoms. The van der Waals surface area contributed by atoms with E-state index >= 15 is 0 Å². The van der Waals surface area contributed by atoms with Gasteiger partial charge in [0.05, 0.1) is 13.7 Å². The first-order chi connectivity index (χ1) is 11.6. The third-order valence-corrected chi connectivity index (χ3v) is 4.46. The summed E-state index contributed by atoms with van der Waals surface area (Å²) >= 11 is 6.15. The predicted octanol–water partition coefficient (Wildman–Crippen LogP) is 1.99. The van der Waals surface area contributed by atoms with Crippen molar-refractivity contribution >= 4 is 23.4 Å². The van der Waals surface area contributed by atoms with E-state index in [0.29, 0.717) is 29.3 Å². The van der Waals surface area contributed by atoms with Crippen molar-refractivity contribution in [3.8, 4) is 5.75 Å². The highest BCUT2D eigenvalue weighted by Crippen LogP contribution is 2.25. The Kier molecular flexibility index (Phi) is 6.87. The third kappa shape index (κ3) is 4.61. The fourth-order valence-electron chi connectivity index (χ4n) is 2.76. The van der Waals surface area contributed by atoms with Crippen LogP contribution in [0.25, 0.3) is 0 Å². The maximum atomic E-state index is 12.3. The molecule has 1 N–H and O–H groups in total. The largest absolute Gasteiger partial charge is 0.496 e. The van der Waals surface area contributed by atoms with Crippen LogP contribution in [0.3, 0.4) is 0 Å². The molecule has 1 aromatic rings. The molecule has 2 rings (SSSR count). The van der Waals surface area contributed by atoms with Gasteiger partial charge in [-0.1, -0.05) is 17.7 Å². The normalized spacial score (nSPS) is 18.2. The van der Waals surface area contributed by atoms with E-state index in [1.54, 1.807) is 30.2 Å². The highest BCUT2D eigenvalue weighted by Gasteiger charge is 2.28. The van der Waals surface area contributed by atoms with E-state index in [4.69, 9.17) is 21.1 Å². The van der Waals surface area contributed by atoms with Crippen LogP contribution >= 0.6 is 11.6 Å². The van der Waals surface area contributed by atoms with Gasteiger partial charge >= 0.3 is 0 Å². The number of halogens is 1. The number of hydrogen-bond donors (Lipinski definition) is 1. The van der Waals surface area contributed by atoms with Gasteiger partial charge < -0.3 is 19.7 Å². The zero-order valence-corrected chi connectivity index (χ0v) is 14.8. The Morgan fingerprint density at radius 2 is 2.17 bits per heavy atom. The Morgan fingerprint density at radius 1 is 1.38 bits per heavy atom. The van der Waals surface area contributed by atoms with Crippen molar-refractivity contribution in [3.05, 3.63) is 28.8 Å². The molecule has 0 aromatic heterocycles. The molecule has 7 heteroatoms. The topological polar surface area (TPSA) is 67.9 Å². The highest BCUT2D eigenvalue weighted by atomic mass is 35.5. The Morgan fingerprint density at radius 3 is 2.88 bits per heavy atom. The van der Waals surface area contributed by atoms with Crippen LogP contribution in [0, 0.1) is 0 Å². The first-order valence-corrected chi connectivity index (χ1v) is 8.34. The summed E-state index contributed by atoms with van der Waals surface area (Å²) in [6, 6.07) is 5.31. The molecule has 1 fully saturated rings. The molecule has 1 atom stereocenters. The molecule has 1 aliphatic rings. The second-order valence-corrected chi connectivity index (χ2v) is 6.08. The summed E-state index contributed by atoms with van der Waals surface area (Å²) < 4.78 is 10.5. The number of benzene rings is 1.